The van der Waals surface area contributed by atoms with Gasteiger partial charge in [-0.1, -0.05) is 31.2 Å². The highest BCUT2D eigenvalue weighted by molar-refractivity contribution is 7.84. The Labute approximate surface area is 104 Å². The van der Waals surface area contributed by atoms with Gasteiger partial charge in [0.1, 0.15) is 0 Å². The van der Waals surface area contributed by atoms with E-state index in [-0.39, 0.29) is 5.25 Å². The van der Waals surface area contributed by atoms with Crippen molar-refractivity contribution in [3.05, 3.63) is 35.4 Å². The first-order valence-corrected chi connectivity index (χ1v) is 6.96. The quantitative estimate of drug-likeness (QED) is 0.877. The van der Waals surface area contributed by atoms with Crippen molar-refractivity contribution >= 4 is 16.8 Å². The Morgan fingerprint density at radius 3 is 2.47 bits per heavy atom. The Balaban J connectivity index is 2.73. The first-order chi connectivity index (χ1) is 7.93. The maximum absolute atomic E-state index is 12.1. The van der Waals surface area contributed by atoms with Crippen LogP contribution in [0.2, 0.25) is 0 Å². The van der Waals surface area contributed by atoms with Crippen LogP contribution in [0.4, 0.5) is 0 Å². The molecule has 3 atom stereocenters. The number of hydrogen-bond donors (Lipinski definition) is 1. The molecule has 0 spiro atoms. The zero-order chi connectivity index (χ0) is 13.0. The second kappa shape index (κ2) is 5.96. The summed E-state index contributed by atoms with van der Waals surface area (Å²) in [6, 6.07) is 7.75. The van der Waals surface area contributed by atoms with Gasteiger partial charge in [-0.15, -0.1) is 0 Å². The summed E-state index contributed by atoms with van der Waals surface area (Å²) in [7, 11) is -1.16. The first-order valence-electron chi connectivity index (χ1n) is 5.58. The van der Waals surface area contributed by atoms with E-state index in [9.17, 15) is 9.00 Å². The van der Waals surface area contributed by atoms with Crippen LogP contribution in [0.3, 0.4) is 0 Å². The molecular formula is C13H18O3S. The van der Waals surface area contributed by atoms with Crippen LogP contribution in [0.25, 0.3) is 0 Å². The molecule has 1 N–H and O–H groups in total. The van der Waals surface area contributed by atoms with E-state index in [2.05, 4.69) is 0 Å². The Hall–Kier alpha value is -1.16. The fourth-order valence-corrected chi connectivity index (χ4v) is 2.95. The van der Waals surface area contributed by atoms with Gasteiger partial charge in [0.2, 0.25) is 0 Å². The summed E-state index contributed by atoms with van der Waals surface area (Å²) in [4.78, 5) is 10.8. The minimum Gasteiger partial charge on any atom is -0.481 e. The average molecular weight is 254 g/mol. The third kappa shape index (κ3) is 3.66. The fraction of sp³-hybridized carbons (Fsp3) is 0.462. The first kappa shape index (κ1) is 13.9. The van der Waals surface area contributed by atoms with Crippen LogP contribution in [0.1, 0.15) is 25.0 Å². The van der Waals surface area contributed by atoms with Gasteiger partial charge in [0.25, 0.3) is 0 Å². The molecule has 0 saturated carbocycles. The monoisotopic (exact) mass is 254 g/mol. The molecule has 0 aromatic heterocycles. The topological polar surface area (TPSA) is 54.4 Å². The summed E-state index contributed by atoms with van der Waals surface area (Å²) in [5.41, 5.74) is 2.12. The van der Waals surface area contributed by atoms with Crippen molar-refractivity contribution in [2.45, 2.75) is 31.8 Å². The molecule has 0 bridgehead atoms. The van der Waals surface area contributed by atoms with Gasteiger partial charge >= 0.3 is 5.97 Å². The largest absolute Gasteiger partial charge is 0.481 e. The van der Waals surface area contributed by atoms with Gasteiger partial charge in [-0.2, -0.15) is 0 Å². The summed E-state index contributed by atoms with van der Waals surface area (Å²) in [5, 5.41) is 8.55. The molecule has 0 aliphatic carbocycles. The van der Waals surface area contributed by atoms with E-state index in [1.165, 1.54) is 0 Å². The van der Waals surface area contributed by atoms with Crippen LogP contribution in [0.5, 0.6) is 0 Å². The number of benzene rings is 1. The molecule has 1 aromatic carbocycles. The molecular weight excluding hydrogens is 236 g/mol. The third-order valence-electron chi connectivity index (χ3n) is 3.07. The van der Waals surface area contributed by atoms with Crippen molar-refractivity contribution in [2.75, 3.05) is 0 Å². The molecule has 0 radical (unpaired) electrons. The number of hydrogen-bond acceptors (Lipinski definition) is 2. The van der Waals surface area contributed by atoms with Gasteiger partial charge in [0.05, 0.1) is 5.92 Å². The average Bonchev–Trinajstić information content (AvgIpc) is 2.30. The zero-order valence-electron chi connectivity index (χ0n) is 10.3. The summed E-state index contributed by atoms with van der Waals surface area (Å²) in [6.07, 6.45) is 0. The Kier molecular flexibility index (Phi) is 4.87. The lowest BCUT2D eigenvalue weighted by Gasteiger charge is -2.16. The van der Waals surface area contributed by atoms with Crippen LogP contribution in [0, 0.1) is 12.8 Å². The molecule has 0 fully saturated rings. The Bertz CT molecular complexity index is 428. The maximum atomic E-state index is 12.1. The van der Waals surface area contributed by atoms with Crippen molar-refractivity contribution in [2.24, 2.45) is 5.92 Å². The molecule has 0 aliphatic rings. The molecule has 0 saturated heterocycles. The standard InChI is InChI=1S/C13H18O3S/c1-9-6-4-5-7-12(9)8-17(16)11(3)10(2)13(14)15/h4-7,10-11H,8H2,1-3H3,(H,14,15). The van der Waals surface area contributed by atoms with E-state index in [1.807, 2.05) is 31.2 Å². The van der Waals surface area contributed by atoms with Gasteiger partial charge in [0.15, 0.2) is 0 Å². The molecule has 3 nitrogen and oxygen atoms in total. The summed E-state index contributed by atoms with van der Waals surface area (Å²) in [6.45, 7) is 5.30. The van der Waals surface area contributed by atoms with Gasteiger partial charge in [-0.3, -0.25) is 9.00 Å². The maximum Gasteiger partial charge on any atom is 0.307 e. The van der Waals surface area contributed by atoms with Crippen molar-refractivity contribution in [1.82, 2.24) is 0 Å². The predicted molar refractivity (Wildman–Crippen MR) is 69.3 cm³/mol. The number of carboxylic acid groups (broad SMARTS) is 1. The minimum absolute atomic E-state index is 0.341. The molecule has 3 unspecified atom stereocenters. The minimum atomic E-state index is -1.16. The normalized spacial score (nSPS) is 16.2. The molecule has 17 heavy (non-hydrogen) atoms. The molecule has 1 aromatic rings. The molecule has 94 valence electrons. The van der Waals surface area contributed by atoms with Crippen molar-refractivity contribution in [1.29, 1.82) is 0 Å². The van der Waals surface area contributed by atoms with Crippen LogP contribution in [0.15, 0.2) is 24.3 Å². The zero-order valence-corrected chi connectivity index (χ0v) is 11.2. The molecule has 0 amide bonds. The number of carbonyl (C=O) groups is 1. The molecule has 4 heteroatoms. The van der Waals surface area contributed by atoms with E-state index in [0.29, 0.717) is 5.75 Å². The van der Waals surface area contributed by atoms with Gasteiger partial charge in [0, 0.05) is 21.8 Å². The van der Waals surface area contributed by atoms with Crippen LogP contribution >= 0.6 is 0 Å². The van der Waals surface area contributed by atoms with E-state index in [4.69, 9.17) is 5.11 Å². The lowest BCUT2D eigenvalue weighted by molar-refractivity contribution is -0.141. The lowest BCUT2D eigenvalue weighted by Crippen LogP contribution is -2.27. The highest BCUT2D eigenvalue weighted by atomic mass is 32.2. The van der Waals surface area contributed by atoms with Gasteiger partial charge < -0.3 is 5.11 Å². The SMILES string of the molecule is Cc1ccccc1CS(=O)C(C)C(C)C(=O)O. The molecule has 0 heterocycles. The van der Waals surface area contributed by atoms with Crippen LogP contribution in [-0.2, 0) is 21.3 Å². The fourth-order valence-electron chi connectivity index (χ4n) is 1.49. The summed E-state index contributed by atoms with van der Waals surface area (Å²) < 4.78 is 12.1. The third-order valence-corrected chi connectivity index (χ3v) is 4.90. The summed E-state index contributed by atoms with van der Waals surface area (Å²) >= 11 is 0. The highest BCUT2D eigenvalue weighted by Crippen LogP contribution is 2.16. The molecule has 0 aliphatic heterocycles. The van der Waals surface area contributed by atoms with Gasteiger partial charge in [-0.05, 0) is 25.0 Å². The van der Waals surface area contributed by atoms with E-state index in [1.54, 1.807) is 13.8 Å². The summed E-state index contributed by atoms with van der Waals surface area (Å²) in [5.74, 6) is -1.05. The van der Waals surface area contributed by atoms with Crippen LogP contribution in [-0.4, -0.2) is 20.5 Å². The second-order valence-electron chi connectivity index (χ2n) is 4.28. The Morgan fingerprint density at radius 2 is 1.94 bits per heavy atom. The van der Waals surface area contributed by atoms with Gasteiger partial charge in [-0.25, -0.2) is 0 Å². The predicted octanol–water partition coefficient (Wildman–Crippen LogP) is 2.35. The van der Waals surface area contributed by atoms with Crippen molar-refractivity contribution in [3.63, 3.8) is 0 Å². The van der Waals surface area contributed by atoms with Crippen LogP contribution < -0.4 is 0 Å². The van der Waals surface area contributed by atoms with E-state index >= 15 is 0 Å². The smallest absolute Gasteiger partial charge is 0.307 e. The highest BCUT2D eigenvalue weighted by Gasteiger charge is 2.24. The second-order valence-corrected chi connectivity index (χ2v) is 6.08. The number of aliphatic carboxylic acids is 1. The Morgan fingerprint density at radius 1 is 1.35 bits per heavy atom. The molecule has 1 rings (SSSR count). The van der Waals surface area contributed by atoms with Crippen molar-refractivity contribution < 1.29 is 14.1 Å². The van der Waals surface area contributed by atoms with E-state index in [0.717, 1.165) is 11.1 Å². The van der Waals surface area contributed by atoms with Crippen molar-refractivity contribution in [3.8, 4) is 0 Å². The lowest BCUT2D eigenvalue weighted by atomic mass is 10.1. The number of carboxylic acids is 1. The number of aryl methyl sites for hydroxylation is 1. The van der Waals surface area contributed by atoms with E-state index < -0.39 is 22.7 Å². The number of rotatable bonds is 5.